The van der Waals surface area contributed by atoms with Gasteiger partial charge in [-0.25, -0.2) is 9.59 Å². The number of rotatable bonds is 4. The molecule has 4 nitrogen and oxygen atoms in total. The summed E-state index contributed by atoms with van der Waals surface area (Å²) in [5, 5.41) is 0. The lowest BCUT2D eigenvalue weighted by atomic mass is 10.1. The van der Waals surface area contributed by atoms with Gasteiger partial charge in [0.05, 0.1) is 25.3 Å². The molecule has 0 heterocycles. The van der Waals surface area contributed by atoms with Gasteiger partial charge in [-0.05, 0) is 24.0 Å². The van der Waals surface area contributed by atoms with Gasteiger partial charge in [0.15, 0.2) is 0 Å². The van der Waals surface area contributed by atoms with Gasteiger partial charge in [-0.2, -0.15) is 0 Å². The van der Waals surface area contributed by atoms with E-state index in [-0.39, 0.29) is 0 Å². The molecule has 5 heteroatoms. The van der Waals surface area contributed by atoms with Crippen LogP contribution in [0.4, 0.5) is 0 Å². The summed E-state index contributed by atoms with van der Waals surface area (Å²) in [6.07, 6.45) is 0. The van der Waals surface area contributed by atoms with Crippen molar-refractivity contribution < 1.29 is 19.1 Å². The predicted octanol–water partition coefficient (Wildman–Crippen LogP) is 2.37. The molecule has 17 heavy (non-hydrogen) atoms. The number of esters is 2. The van der Waals surface area contributed by atoms with Crippen molar-refractivity contribution in [3.63, 3.8) is 0 Å². The van der Waals surface area contributed by atoms with Gasteiger partial charge in [0.1, 0.15) is 0 Å². The minimum absolute atomic E-state index is 0.405. The molecule has 0 N–H and O–H groups in total. The predicted molar refractivity (Wildman–Crippen MR) is 65.5 cm³/mol. The van der Waals surface area contributed by atoms with E-state index in [0.29, 0.717) is 11.1 Å². The molecule has 0 atom stereocenters. The molecule has 0 spiro atoms. The summed E-state index contributed by atoms with van der Waals surface area (Å²) < 4.78 is 9.31. The van der Waals surface area contributed by atoms with Crippen LogP contribution in [-0.2, 0) is 9.47 Å². The third-order valence-corrected chi connectivity index (χ3v) is 3.05. The Hall–Kier alpha value is -1.49. The molecule has 0 saturated carbocycles. The van der Waals surface area contributed by atoms with Gasteiger partial charge in [-0.15, -0.1) is 11.8 Å². The summed E-state index contributed by atoms with van der Waals surface area (Å²) in [4.78, 5) is 23.6. The van der Waals surface area contributed by atoms with Crippen LogP contribution >= 0.6 is 11.8 Å². The zero-order chi connectivity index (χ0) is 12.8. The summed E-state index contributed by atoms with van der Waals surface area (Å²) in [6.45, 7) is 1.97. The molecule has 1 aromatic rings. The minimum atomic E-state index is -0.417. The van der Waals surface area contributed by atoms with Gasteiger partial charge in [0.25, 0.3) is 0 Å². The molecular formula is C12H14O4S. The van der Waals surface area contributed by atoms with Gasteiger partial charge < -0.3 is 9.47 Å². The molecule has 0 aliphatic rings. The van der Waals surface area contributed by atoms with Gasteiger partial charge in [0, 0.05) is 4.90 Å². The molecule has 0 aliphatic heterocycles. The second-order valence-electron chi connectivity index (χ2n) is 3.13. The fourth-order valence-electron chi connectivity index (χ4n) is 1.32. The third-order valence-electron chi connectivity index (χ3n) is 2.11. The summed E-state index contributed by atoms with van der Waals surface area (Å²) >= 11 is 1.48. The second-order valence-corrected chi connectivity index (χ2v) is 4.43. The van der Waals surface area contributed by atoms with E-state index in [1.807, 2.05) is 6.92 Å². The van der Waals surface area contributed by atoms with Crippen LogP contribution in [-0.4, -0.2) is 31.9 Å². The highest BCUT2D eigenvalue weighted by atomic mass is 32.2. The quantitative estimate of drug-likeness (QED) is 0.610. The van der Waals surface area contributed by atoms with Crippen LogP contribution in [0, 0.1) is 0 Å². The normalized spacial score (nSPS) is 9.82. The monoisotopic (exact) mass is 254 g/mol. The maximum atomic E-state index is 11.5. The summed E-state index contributed by atoms with van der Waals surface area (Å²) in [6, 6.07) is 4.78. The fraction of sp³-hybridized carbons (Fsp3) is 0.333. The van der Waals surface area contributed by atoms with E-state index < -0.39 is 11.9 Å². The van der Waals surface area contributed by atoms with E-state index in [9.17, 15) is 9.59 Å². The SMILES string of the molecule is CCSc1cc(C(=O)OC)ccc1C(=O)OC. The smallest absolute Gasteiger partial charge is 0.338 e. The lowest BCUT2D eigenvalue weighted by Gasteiger charge is -2.08. The Balaban J connectivity index is 3.16. The van der Waals surface area contributed by atoms with Crippen molar-refractivity contribution in [2.75, 3.05) is 20.0 Å². The standard InChI is InChI=1S/C12H14O4S/c1-4-17-10-7-8(11(13)15-2)5-6-9(10)12(14)16-3/h5-7H,4H2,1-3H3. The van der Waals surface area contributed by atoms with Gasteiger partial charge in [0.2, 0.25) is 0 Å². The molecule has 1 aromatic carbocycles. The Morgan fingerprint density at radius 3 is 2.35 bits per heavy atom. The van der Waals surface area contributed by atoms with Crippen LogP contribution < -0.4 is 0 Å². The minimum Gasteiger partial charge on any atom is -0.465 e. The van der Waals surface area contributed by atoms with Crippen LogP contribution in [0.25, 0.3) is 0 Å². The molecule has 0 aromatic heterocycles. The molecule has 0 radical (unpaired) electrons. The van der Waals surface area contributed by atoms with Crippen molar-refractivity contribution in [3.05, 3.63) is 29.3 Å². The van der Waals surface area contributed by atoms with E-state index in [1.54, 1.807) is 18.2 Å². The first-order valence-corrected chi connectivity index (χ1v) is 6.06. The zero-order valence-corrected chi connectivity index (χ0v) is 10.8. The summed E-state index contributed by atoms with van der Waals surface area (Å²) in [5.41, 5.74) is 0.892. The molecule has 0 saturated heterocycles. The average molecular weight is 254 g/mol. The van der Waals surface area contributed by atoms with E-state index >= 15 is 0 Å². The van der Waals surface area contributed by atoms with Crippen LogP contribution in [0.2, 0.25) is 0 Å². The van der Waals surface area contributed by atoms with Crippen molar-refractivity contribution >= 4 is 23.7 Å². The second kappa shape index (κ2) is 6.30. The van der Waals surface area contributed by atoms with Crippen molar-refractivity contribution in [1.29, 1.82) is 0 Å². The van der Waals surface area contributed by atoms with Crippen LogP contribution in [0.1, 0.15) is 27.6 Å². The maximum absolute atomic E-state index is 11.5. The highest BCUT2D eigenvalue weighted by molar-refractivity contribution is 7.99. The molecule has 0 amide bonds. The first kappa shape index (κ1) is 13.6. The van der Waals surface area contributed by atoms with Gasteiger partial charge in [-0.1, -0.05) is 6.92 Å². The number of thioether (sulfide) groups is 1. The lowest BCUT2D eigenvalue weighted by Crippen LogP contribution is -2.06. The first-order valence-electron chi connectivity index (χ1n) is 5.07. The number of carbonyl (C=O) groups excluding carboxylic acids is 2. The number of hydrogen-bond donors (Lipinski definition) is 0. The summed E-state index contributed by atoms with van der Waals surface area (Å²) in [5.74, 6) is -0.0222. The Bertz CT molecular complexity index is 429. The molecular weight excluding hydrogens is 240 g/mol. The van der Waals surface area contributed by atoms with E-state index in [4.69, 9.17) is 0 Å². The number of methoxy groups -OCH3 is 2. The van der Waals surface area contributed by atoms with Crippen LogP contribution in [0.3, 0.4) is 0 Å². The number of ether oxygens (including phenoxy) is 2. The number of hydrogen-bond acceptors (Lipinski definition) is 5. The largest absolute Gasteiger partial charge is 0.465 e. The Morgan fingerprint density at radius 1 is 1.18 bits per heavy atom. The molecule has 1 rings (SSSR count). The van der Waals surface area contributed by atoms with Crippen molar-refractivity contribution in [2.24, 2.45) is 0 Å². The Morgan fingerprint density at radius 2 is 1.82 bits per heavy atom. The zero-order valence-electron chi connectivity index (χ0n) is 9.98. The molecule has 0 bridgehead atoms. The maximum Gasteiger partial charge on any atom is 0.338 e. The number of carbonyl (C=O) groups is 2. The topological polar surface area (TPSA) is 52.6 Å². The fourth-order valence-corrected chi connectivity index (χ4v) is 2.15. The van der Waals surface area contributed by atoms with Gasteiger partial charge in [-0.3, -0.25) is 0 Å². The highest BCUT2D eigenvalue weighted by Crippen LogP contribution is 2.25. The third kappa shape index (κ3) is 3.23. The van der Waals surface area contributed by atoms with Crippen LogP contribution in [0.15, 0.2) is 23.1 Å². The number of benzene rings is 1. The highest BCUT2D eigenvalue weighted by Gasteiger charge is 2.15. The Labute approximate surface area is 104 Å². The van der Waals surface area contributed by atoms with Gasteiger partial charge >= 0.3 is 11.9 Å². The summed E-state index contributed by atoms with van der Waals surface area (Å²) in [7, 11) is 2.65. The van der Waals surface area contributed by atoms with Crippen LogP contribution in [0.5, 0.6) is 0 Å². The molecule has 0 aliphatic carbocycles. The van der Waals surface area contributed by atoms with E-state index in [1.165, 1.54) is 26.0 Å². The van der Waals surface area contributed by atoms with E-state index in [2.05, 4.69) is 9.47 Å². The molecule has 0 unspecified atom stereocenters. The van der Waals surface area contributed by atoms with Crippen molar-refractivity contribution in [2.45, 2.75) is 11.8 Å². The Kier molecular flexibility index (Phi) is 5.03. The lowest BCUT2D eigenvalue weighted by molar-refractivity contribution is 0.0583. The first-order chi connectivity index (χ1) is 8.13. The average Bonchev–Trinajstić information content (AvgIpc) is 2.37. The molecule has 0 fully saturated rings. The van der Waals surface area contributed by atoms with E-state index in [0.717, 1.165) is 10.6 Å². The van der Waals surface area contributed by atoms with Crippen molar-refractivity contribution in [1.82, 2.24) is 0 Å². The van der Waals surface area contributed by atoms with Crippen molar-refractivity contribution in [3.8, 4) is 0 Å². The molecule has 92 valence electrons.